The Hall–Kier alpha value is -1.41. The molecule has 0 aliphatic rings. The summed E-state index contributed by atoms with van der Waals surface area (Å²) in [5.74, 6) is 0.719. The summed E-state index contributed by atoms with van der Waals surface area (Å²) in [5, 5.41) is 6.08. The summed E-state index contributed by atoms with van der Waals surface area (Å²) < 4.78 is 10.3. The normalized spacial score (nSPS) is 10.8. The van der Waals surface area contributed by atoms with Crippen molar-refractivity contribution in [2.75, 3.05) is 33.5 Å². The lowest BCUT2D eigenvalue weighted by Crippen LogP contribution is -2.25. The first kappa shape index (κ1) is 19.9. The van der Waals surface area contributed by atoms with Crippen molar-refractivity contribution < 1.29 is 14.3 Å². The third-order valence-corrected chi connectivity index (χ3v) is 5.29. The van der Waals surface area contributed by atoms with E-state index in [0.717, 1.165) is 27.8 Å². The summed E-state index contributed by atoms with van der Waals surface area (Å²) in [4.78, 5) is 17.9. The van der Waals surface area contributed by atoms with Gasteiger partial charge in [0.2, 0.25) is 0 Å². The van der Waals surface area contributed by atoms with Crippen molar-refractivity contribution in [2.45, 2.75) is 24.0 Å². The highest BCUT2D eigenvalue weighted by molar-refractivity contribution is 7.98. The molecule has 0 aliphatic carbocycles. The van der Waals surface area contributed by atoms with Gasteiger partial charge in [0.15, 0.2) is 0 Å². The van der Waals surface area contributed by atoms with E-state index in [1.807, 2.05) is 31.2 Å². The molecule has 1 heterocycles. The van der Waals surface area contributed by atoms with Crippen LogP contribution in [0.2, 0.25) is 0 Å². The second-order valence-corrected chi connectivity index (χ2v) is 7.44. The van der Waals surface area contributed by atoms with Gasteiger partial charge in [0, 0.05) is 36.3 Å². The Balaban J connectivity index is 1.79. The topological polar surface area (TPSA) is 60.5 Å². The van der Waals surface area contributed by atoms with Crippen LogP contribution < -0.4 is 5.32 Å². The molecule has 136 valence electrons. The average molecular weight is 381 g/mol. The van der Waals surface area contributed by atoms with E-state index in [2.05, 4.69) is 15.7 Å². The van der Waals surface area contributed by atoms with E-state index < -0.39 is 0 Å². The van der Waals surface area contributed by atoms with E-state index >= 15 is 0 Å². The molecule has 0 saturated heterocycles. The first-order valence-electron chi connectivity index (χ1n) is 8.18. The van der Waals surface area contributed by atoms with E-state index in [9.17, 15) is 4.79 Å². The van der Waals surface area contributed by atoms with E-state index in [1.165, 1.54) is 0 Å². The Morgan fingerprint density at radius 3 is 2.88 bits per heavy atom. The molecule has 5 nitrogen and oxygen atoms in total. The van der Waals surface area contributed by atoms with E-state index in [0.29, 0.717) is 31.9 Å². The highest BCUT2D eigenvalue weighted by Gasteiger charge is 2.11. The van der Waals surface area contributed by atoms with Crippen molar-refractivity contribution in [3.8, 4) is 0 Å². The van der Waals surface area contributed by atoms with Gasteiger partial charge in [-0.05, 0) is 25.5 Å². The number of ether oxygens (including phenoxy) is 2. The number of hydrogen-bond donors (Lipinski definition) is 1. The molecule has 2 aromatic rings. The lowest BCUT2D eigenvalue weighted by Gasteiger charge is -2.10. The number of hydrogen-bond acceptors (Lipinski definition) is 6. The number of carbonyl (C=O) groups is 1. The molecule has 0 saturated carbocycles. The van der Waals surface area contributed by atoms with Gasteiger partial charge < -0.3 is 14.8 Å². The summed E-state index contributed by atoms with van der Waals surface area (Å²) in [6, 6.07) is 7.68. The number of thioether (sulfide) groups is 1. The Morgan fingerprint density at radius 1 is 1.28 bits per heavy atom. The molecule has 0 atom stereocenters. The van der Waals surface area contributed by atoms with Crippen LogP contribution in [0.15, 0.2) is 34.5 Å². The molecular weight excluding hydrogens is 356 g/mol. The van der Waals surface area contributed by atoms with Gasteiger partial charge in [0.1, 0.15) is 0 Å². The largest absolute Gasteiger partial charge is 0.382 e. The van der Waals surface area contributed by atoms with Gasteiger partial charge in [-0.1, -0.05) is 12.1 Å². The standard InChI is InChI=1S/C18H24N2O3S2/c1-14-20-15(12-24-14)13-25-17-7-4-3-6-16(17)18(21)19-8-5-9-23-11-10-22-2/h3-4,6-7,12H,5,8-11,13H2,1-2H3,(H,19,21). The van der Waals surface area contributed by atoms with Crippen LogP contribution in [0, 0.1) is 6.92 Å². The molecule has 25 heavy (non-hydrogen) atoms. The molecule has 0 unspecified atom stereocenters. The van der Waals surface area contributed by atoms with Crippen LogP contribution in [-0.4, -0.2) is 44.4 Å². The van der Waals surface area contributed by atoms with Gasteiger partial charge in [-0.2, -0.15) is 0 Å². The van der Waals surface area contributed by atoms with Crippen LogP contribution in [0.1, 0.15) is 27.5 Å². The van der Waals surface area contributed by atoms with Crippen LogP contribution >= 0.6 is 23.1 Å². The van der Waals surface area contributed by atoms with Gasteiger partial charge in [-0.25, -0.2) is 4.98 Å². The number of thiazole rings is 1. The molecule has 7 heteroatoms. The van der Waals surface area contributed by atoms with Crippen LogP contribution in [0.3, 0.4) is 0 Å². The number of carbonyl (C=O) groups excluding carboxylic acids is 1. The van der Waals surface area contributed by atoms with Gasteiger partial charge >= 0.3 is 0 Å². The maximum absolute atomic E-state index is 12.4. The first-order valence-corrected chi connectivity index (χ1v) is 10.0. The third kappa shape index (κ3) is 7.15. The predicted octanol–water partition coefficient (Wildman–Crippen LogP) is 3.53. The molecular formula is C18H24N2O3S2. The van der Waals surface area contributed by atoms with Crippen molar-refractivity contribution >= 4 is 29.0 Å². The molecule has 0 aliphatic heterocycles. The minimum atomic E-state index is -0.0468. The van der Waals surface area contributed by atoms with Crippen LogP contribution in [0.5, 0.6) is 0 Å². The summed E-state index contributed by atoms with van der Waals surface area (Å²) >= 11 is 3.29. The maximum atomic E-state index is 12.4. The fourth-order valence-electron chi connectivity index (χ4n) is 2.12. The number of aryl methyl sites for hydroxylation is 1. The Kier molecular flexibility index (Phi) is 8.96. The Bertz CT molecular complexity index is 661. The lowest BCUT2D eigenvalue weighted by molar-refractivity contribution is 0.0688. The van der Waals surface area contributed by atoms with Crippen molar-refractivity contribution in [2.24, 2.45) is 0 Å². The third-order valence-electron chi connectivity index (χ3n) is 3.36. The monoisotopic (exact) mass is 380 g/mol. The minimum Gasteiger partial charge on any atom is -0.382 e. The van der Waals surface area contributed by atoms with Crippen LogP contribution in [-0.2, 0) is 15.2 Å². The number of aromatic nitrogens is 1. The summed E-state index contributed by atoms with van der Waals surface area (Å²) in [7, 11) is 1.65. The number of amides is 1. The molecule has 0 spiro atoms. The zero-order valence-electron chi connectivity index (χ0n) is 14.6. The molecule has 0 radical (unpaired) electrons. The fourth-order valence-corrected chi connectivity index (χ4v) is 3.78. The van der Waals surface area contributed by atoms with Crippen molar-refractivity contribution in [1.82, 2.24) is 10.3 Å². The number of rotatable bonds is 11. The van der Waals surface area contributed by atoms with Crippen molar-refractivity contribution in [1.29, 1.82) is 0 Å². The number of benzene rings is 1. The highest BCUT2D eigenvalue weighted by atomic mass is 32.2. The van der Waals surface area contributed by atoms with Crippen LogP contribution in [0.4, 0.5) is 0 Å². The number of nitrogens with one attached hydrogen (secondary N) is 1. The highest BCUT2D eigenvalue weighted by Crippen LogP contribution is 2.26. The zero-order chi connectivity index (χ0) is 17.9. The quantitative estimate of drug-likeness (QED) is 0.477. The average Bonchev–Trinajstić information content (AvgIpc) is 3.04. The van der Waals surface area contributed by atoms with Crippen LogP contribution in [0.25, 0.3) is 0 Å². The smallest absolute Gasteiger partial charge is 0.252 e. The number of nitrogens with zero attached hydrogens (tertiary/aromatic N) is 1. The molecule has 2 rings (SSSR count). The Labute approximate surface area is 157 Å². The van der Waals surface area contributed by atoms with Gasteiger partial charge in [0.05, 0.1) is 29.5 Å². The van der Waals surface area contributed by atoms with Gasteiger partial charge in [-0.3, -0.25) is 4.79 Å². The lowest BCUT2D eigenvalue weighted by atomic mass is 10.2. The summed E-state index contributed by atoms with van der Waals surface area (Å²) in [6.45, 7) is 4.38. The summed E-state index contributed by atoms with van der Waals surface area (Å²) in [5.41, 5.74) is 1.76. The van der Waals surface area contributed by atoms with Gasteiger partial charge in [-0.15, -0.1) is 23.1 Å². The van der Waals surface area contributed by atoms with Crippen molar-refractivity contribution in [3.05, 3.63) is 45.9 Å². The molecule has 0 bridgehead atoms. The molecule has 1 aromatic heterocycles. The SMILES string of the molecule is COCCOCCCNC(=O)c1ccccc1SCc1csc(C)n1. The molecule has 1 N–H and O–H groups in total. The number of methoxy groups -OCH3 is 1. The minimum absolute atomic E-state index is 0.0468. The summed E-state index contributed by atoms with van der Waals surface area (Å²) in [6.07, 6.45) is 0.781. The maximum Gasteiger partial charge on any atom is 0.252 e. The van der Waals surface area contributed by atoms with E-state index in [4.69, 9.17) is 9.47 Å². The van der Waals surface area contributed by atoms with E-state index in [-0.39, 0.29) is 5.91 Å². The fraction of sp³-hybridized carbons (Fsp3) is 0.444. The second kappa shape index (κ2) is 11.3. The molecule has 0 fully saturated rings. The Morgan fingerprint density at radius 2 is 2.12 bits per heavy atom. The van der Waals surface area contributed by atoms with Gasteiger partial charge in [0.25, 0.3) is 5.91 Å². The predicted molar refractivity (Wildman–Crippen MR) is 102 cm³/mol. The van der Waals surface area contributed by atoms with Crippen molar-refractivity contribution in [3.63, 3.8) is 0 Å². The molecule has 1 amide bonds. The first-order chi connectivity index (χ1) is 12.2. The molecule has 1 aromatic carbocycles. The van der Waals surface area contributed by atoms with E-state index in [1.54, 1.807) is 30.2 Å². The second-order valence-electron chi connectivity index (χ2n) is 5.36. The zero-order valence-corrected chi connectivity index (χ0v) is 16.3.